The SMILES string of the molecule is CCSc1nc2nc(C)cc(-c3c(OC)cc(OC)cc3OC)n2n1. The van der Waals surface area contributed by atoms with Gasteiger partial charge in [0.25, 0.3) is 5.78 Å². The highest BCUT2D eigenvalue weighted by Gasteiger charge is 2.20. The molecule has 3 rings (SSSR count). The number of hydrogen-bond donors (Lipinski definition) is 0. The second-order valence-electron chi connectivity index (χ2n) is 5.23. The van der Waals surface area contributed by atoms with Gasteiger partial charge in [0.05, 0.1) is 32.6 Å². The zero-order valence-corrected chi connectivity index (χ0v) is 15.7. The topological polar surface area (TPSA) is 70.8 Å². The van der Waals surface area contributed by atoms with Crippen LogP contribution < -0.4 is 14.2 Å². The highest BCUT2D eigenvalue weighted by molar-refractivity contribution is 7.99. The lowest BCUT2D eigenvalue weighted by molar-refractivity contribution is 0.377. The van der Waals surface area contributed by atoms with Gasteiger partial charge >= 0.3 is 0 Å². The van der Waals surface area contributed by atoms with Crippen molar-refractivity contribution in [1.29, 1.82) is 0 Å². The van der Waals surface area contributed by atoms with Crippen molar-refractivity contribution < 1.29 is 14.2 Å². The summed E-state index contributed by atoms with van der Waals surface area (Å²) in [5, 5.41) is 5.27. The molecule has 0 saturated heterocycles. The molecule has 0 radical (unpaired) electrons. The summed E-state index contributed by atoms with van der Waals surface area (Å²) in [4.78, 5) is 8.97. The maximum atomic E-state index is 5.58. The number of benzene rings is 1. The number of hydrogen-bond acceptors (Lipinski definition) is 7. The number of fused-ring (bicyclic) bond motifs is 1. The van der Waals surface area contributed by atoms with E-state index in [9.17, 15) is 0 Å². The van der Waals surface area contributed by atoms with Gasteiger partial charge in [0.2, 0.25) is 5.16 Å². The molecule has 7 nitrogen and oxygen atoms in total. The van der Waals surface area contributed by atoms with Crippen molar-refractivity contribution in [3.8, 4) is 28.5 Å². The summed E-state index contributed by atoms with van der Waals surface area (Å²) in [6.45, 7) is 3.98. The van der Waals surface area contributed by atoms with Crippen LogP contribution in [0.4, 0.5) is 0 Å². The summed E-state index contributed by atoms with van der Waals surface area (Å²) < 4.78 is 18.2. The molecule has 1 aromatic carbocycles. The first kappa shape index (κ1) is 17.3. The standard InChI is InChI=1S/C17H20N4O3S/c1-6-25-17-19-16-18-10(2)7-12(21(16)20-17)15-13(23-4)8-11(22-3)9-14(15)24-5/h7-9H,6H2,1-5H3. The minimum atomic E-state index is 0.547. The molecule has 132 valence electrons. The lowest BCUT2D eigenvalue weighted by atomic mass is 10.1. The number of nitrogens with zero attached hydrogens (tertiary/aromatic N) is 4. The van der Waals surface area contributed by atoms with E-state index >= 15 is 0 Å². The van der Waals surface area contributed by atoms with E-state index in [1.165, 1.54) is 0 Å². The van der Waals surface area contributed by atoms with Crippen molar-refractivity contribution in [2.45, 2.75) is 19.0 Å². The Labute approximate surface area is 150 Å². The van der Waals surface area contributed by atoms with Gasteiger partial charge < -0.3 is 14.2 Å². The Balaban J connectivity index is 2.31. The number of methoxy groups -OCH3 is 3. The van der Waals surface area contributed by atoms with E-state index in [4.69, 9.17) is 14.2 Å². The van der Waals surface area contributed by atoms with Crippen LogP contribution in [0.3, 0.4) is 0 Å². The van der Waals surface area contributed by atoms with Crippen LogP contribution in [-0.2, 0) is 0 Å². The molecule has 2 aromatic heterocycles. The Kier molecular flexibility index (Phi) is 4.98. The molecule has 25 heavy (non-hydrogen) atoms. The van der Waals surface area contributed by atoms with Crippen molar-refractivity contribution in [2.24, 2.45) is 0 Å². The van der Waals surface area contributed by atoms with Gasteiger partial charge in [-0.2, -0.15) is 9.50 Å². The highest BCUT2D eigenvalue weighted by atomic mass is 32.2. The van der Waals surface area contributed by atoms with Crippen molar-refractivity contribution >= 4 is 17.5 Å². The van der Waals surface area contributed by atoms with Crippen LogP contribution >= 0.6 is 11.8 Å². The smallest absolute Gasteiger partial charge is 0.253 e. The van der Waals surface area contributed by atoms with Crippen LogP contribution in [0.1, 0.15) is 12.6 Å². The van der Waals surface area contributed by atoms with Crippen LogP contribution in [-0.4, -0.2) is 46.7 Å². The van der Waals surface area contributed by atoms with Crippen molar-refractivity contribution in [3.63, 3.8) is 0 Å². The third kappa shape index (κ3) is 3.21. The Morgan fingerprint density at radius 2 is 1.68 bits per heavy atom. The van der Waals surface area contributed by atoms with Crippen LogP contribution in [0.25, 0.3) is 17.0 Å². The molecule has 0 spiro atoms. The van der Waals surface area contributed by atoms with Gasteiger partial charge in [0, 0.05) is 17.8 Å². The van der Waals surface area contributed by atoms with E-state index in [2.05, 4.69) is 22.0 Å². The van der Waals surface area contributed by atoms with Crippen molar-refractivity contribution in [1.82, 2.24) is 19.6 Å². The molecule has 0 fully saturated rings. The van der Waals surface area contributed by atoms with Gasteiger partial charge in [-0.15, -0.1) is 5.10 Å². The number of aryl methyl sites for hydroxylation is 1. The molecule has 0 aliphatic rings. The van der Waals surface area contributed by atoms with Crippen LogP contribution in [0.5, 0.6) is 17.2 Å². The quantitative estimate of drug-likeness (QED) is 0.625. The molecular weight excluding hydrogens is 340 g/mol. The summed E-state index contributed by atoms with van der Waals surface area (Å²) in [7, 11) is 4.83. The second kappa shape index (κ2) is 7.18. The molecular formula is C17H20N4O3S. The Bertz CT molecular complexity index is 885. The molecule has 8 heteroatoms. The van der Waals surface area contributed by atoms with Gasteiger partial charge in [-0.05, 0) is 18.7 Å². The third-order valence-corrected chi connectivity index (χ3v) is 4.39. The van der Waals surface area contributed by atoms with Gasteiger partial charge in [-0.1, -0.05) is 18.7 Å². The summed E-state index contributed by atoms with van der Waals surface area (Å²) >= 11 is 1.57. The Morgan fingerprint density at radius 1 is 1.00 bits per heavy atom. The number of aromatic nitrogens is 4. The van der Waals surface area contributed by atoms with Gasteiger partial charge in [-0.25, -0.2) is 4.98 Å². The normalized spacial score (nSPS) is 10.9. The molecule has 3 aromatic rings. The number of rotatable bonds is 6. The molecule has 0 aliphatic carbocycles. The second-order valence-corrected chi connectivity index (χ2v) is 6.46. The first-order valence-corrected chi connectivity index (χ1v) is 8.77. The monoisotopic (exact) mass is 360 g/mol. The van der Waals surface area contributed by atoms with E-state index in [1.54, 1.807) is 37.6 Å². The fourth-order valence-electron chi connectivity index (χ4n) is 2.59. The predicted octanol–water partition coefficient (Wildman–Crippen LogP) is 3.24. The van der Waals surface area contributed by atoms with Crippen LogP contribution in [0.2, 0.25) is 0 Å². The summed E-state index contributed by atoms with van der Waals surface area (Å²) in [5.74, 6) is 3.35. The first-order valence-electron chi connectivity index (χ1n) is 7.78. The van der Waals surface area contributed by atoms with Crippen LogP contribution in [0, 0.1) is 6.92 Å². The van der Waals surface area contributed by atoms with Gasteiger partial charge in [0.15, 0.2) is 0 Å². The highest BCUT2D eigenvalue weighted by Crippen LogP contribution is 2.41. The molecule has 0 aliphatic heterocycles. The molecule has 0 N–H and O–H groups in total. The van der Waals surface area contributed by atoms with Crippen LogP contribution in [0.15, 0.2) is 23.4 Å². The average molecular weight is 360 g/mol. The van der Waals surface area contributed by atoms with E-state index in [-0.39, 0.29) is 0 Å². The molecule has 0 unspecified atom stereocenters. The van der Waals surface area contributed by atoms with Crippen molar-refractivity contribution in [3.05, 3.63) is 23.9 Å². The lowest BCUT2D eigenvalue weighted by Gasteiger charge is -2.16. The minimum absolute atomic E-state index is 0.547. The molecule has 0 saturated carbocycles. The molecule has 0 bridgehead atoms. The molecule has 0 amide bonds. The maximum absolute atomic E-state index is 5.58. The molecule has 0 atom stereocenters. The lowest BCUT2D eigenvalue weighted by Crippen LogP contribution is -2.02. The van der Waals surface area contributed by atoms with Gasteiger partial charge in [0.1, 0.15) is 17.2 Å². The summed E-state index contributed by atoms with van der Waals surface area (Å²) in [6.07, 6.45) is 0. The largest absolute Gasteiger partial charge is 0.496 e. The fourth-order valence-corrected chi connectivity index (χ4v) is 3.14. The minimum Gasteiger partial charge on any atom is -0.496 e. The number of thioether (sulfide) groups is 1. The van der Waals surface area contributed by atoms with E-state index < -0.39 is 0 Å². The zero-order valence-electron chi connectivity index (χ0n) is 14.9. The zero-order chi connectivity index (χ0) is 18.0. The van der Waals surface area contributed by atoms with E-state index in [1.807, 2.05) is 25.1 Å². The number of ether oxygens (including phenoxy) is 3. The predicted molar refractivity (Wildman–Crippen MR) is 97.0 cm³/mol. The Morgan fingerprint density at radius 3 is 2.24 bits per heavy atom. The molecule has 2 heterocycles. The maximum Gasteiger partial charge on any atom is 0.253 e. The van der Waals surface area contributed by atoms with E-state index in [0.29, 0.717) is 28.2 Å². The first-order chi connectivity index (χ1) is 12.1. The fraction of sp³-hybridized carbons (Fsp3) is 0.353. The summed E-state index contributed by atoms with van der Waals surface area (Å²) in [5.41, 5.74) is 2.41. The average Bonchev–Trinajstić information content (AvgIpc) is 3.02. The van der Waals surface area contributed by atoms with Crippen molar-refractivity contribution in [2.75, 3.05) is 27.1 Å². The van der Waals surface area contributed by atoms with Gasteiger partial charge in [-0.3, -0.25) is 0 Å². The Hall–Kier alpha value is -2.48. The third-order valence-electron chi connectivity index (χ3n) is 3.67. The summed E-state index contributed by atoms with van der Waals surface area (Å²) in [6, 6.07) is 5.57. The van der Waals surface area contributed by atoms with E-state index in [0.717, 1.165) is 22.7 Å².